The van der Waals surface area contributed by atoms with E-state index in [9.17, 15) is 9.59 Å². The Balaban J connectivity index is 1.90. The van der Waals surface area contributed by atoms with E-state index < -0.39 is 5.25 Å². The van der Waals surface area contributed by atoms with Gasteiger partial charge in [-0.05, 0) is 37.6 Å². The highest BCUT2D eigenvalue weighted by Gasteiger charge is 2.22. The number of nitrogens with zero attached hydrogens (tertiary/aromatic N) is 3. The van der Waals surface area contributed by atoms with Gasteiger partial charge in [0.2, 0.25) is 5.91 Å². The fourth-order valence-corrected chi connectivity index (χ4v) is 4.09. The number of fused-ring (bicyclic) bond motifs is 1. The van der Waals surface area contributed by atoms with Gasteiger partial charge in [-0.3, -0.25) is 14.2 Å². The number of methoxy groups -OCH3 is 1. The van der Waals surface area contributed by atoms with Crippen LogP contribution >= 0.6 is 11.8 Å². The molecule has 0 aliphatic heterocycles. The van der Waals surface area contributed by atoms with Crippen molar-refractivity contribution in [2.75, 3.05) is 25.7 Å². The lowest BCUT2D eigenvalue weighted by molar-refractivity contribution is -0.117. The van der Waals surface area contributed by atoms with Gasteiger partial charge in [0.25, 0.3) is 5.56 Å². The maximum absolute atomic E-state index is 13.0. The molecule has 0 aliphatic rings. The number of thioether (sulfide) groups is 1. The molecule has 0 radical (unpaired) electrons. The lowest BCUT2D eigenvalue weighted by Gasteiger charge is -2.22. The van der Waals surface area contributed by atoms with E-state index in [-0.39, 0.29) is 11.5 Å². The molecule has 0 aliphatic carbocycles. The summed E-state index contributed by atoms with van der Waals surface area (Å²) in [5.74, 6) is -0.0490. The van der Waals surface area contributed by atoms with Crippen molar-refractivity contribution in [3.8, 4) is 0 Å². The SMILES string of the molecule is COCCCn1c(SC(C)C(=O)N(C)c2ccccc2)nc2ccccc2c1=O. The van der Waals surface area contributed by atoms with Crippen LogP contribution < -0.4 is 10.5 Å². The number of ether oxygens (including phenoxy) is 1. The van der Waals surface area contributed by atoms with E-state index in [0.29, 0.717) is 35.6 Å². The minimum atomic E-state index is -0.401. The monoisotopic (exact) mass is 411 g/mol. The summed E-state index contributed by atoms with van der Waals surface area (Å²) in [4.78, 5) is 32.3. The van der Waals surface area contributed by atoms with Gasteiger partial charge in [-0.1, -0.05) is 42.1 Å². The number of rotatable bonds is 8. The minimum Gasteiger partial charge on any atom is -0.385 e. The van der Waals surface area contributed by atoms with Crippen LogP contribution in [-0.2, 0) is 16.1 Å². The summed E-state index contributed by atoms with van der Waals surface area (Å²) >= 11 is 1.31. The summed E-state index contributed by atoms with van der Waals surface area (Å²) in [7, 11) is 3.39. The van der Waals surface area contributed by atoms with E-state index in [1.165, 1.54) is 11.8 Å². The van der Waals surface area contributed by atoms with Crippen LogP contribution in [0.5, 0.6) is 0 Å². The Hall–Kier alpha value is -2.64. The van der Waals surface area contributed by atoms with Crippen LogP contribution in [0, 0.1) is 0 Å². The largest absolute Gasteiger partial charge is 0.385 e. The standard InChI is InChI=1S/C22H25N3O3S/c1-16(20(26)24(2)17-10-5-4-6-11-17)29-22-23-19-13-8-7-12-18(19)21(27)25(22)14-9-15-28-3/h4-8,10-13,16H,9,14-15H2,1-3H3. The molecule has 152 valence electrons. The molecule has 0 saturated carbocycles. The summed E-state index contributed by atoms with van der Waals surface area (Å²) in [6.07, 6.45) is 0.691. The molecule has 1 heterocycles. The van der Waals surface area contributed by atoms with Crippen molar-refractivity contribution in [2.24, 2.45) is 0 Å². The molecule has 1 atom stereocenters. The summed E-state index contributed by atoms with van der Waals surface area (Å²) in [5, 5.41) is 0.726. The molecule has 29 heavy (non-hydrogen) atoms. The number of para-hydroxylation sites is 2. The van der Waals surface area contributed by atoms with Crippen molar-refractivity contribution in [3.05, 3.63) is 65.0 Å². The van der Waals surface area contributed by atoms with E-state index in [1.54, 1.807) is 29.7 Å². The first-order valence-electron chi connectivity index (χ1n) is 9.50. The smallest absolute Gasteiger partial charge is 0.262 e. The van der Waals surface area contributed by atoms with Gasteiger partial charge in [0.1, 0.15) is 0 Å². The molecule has 0 fully saturated rings. The van der Waals surface area contributed by atoms with Crippen molar-refractivity contribution >= 4 is 34.3 Å². The fraction of sp³-hybridized carbons (Fsp3) is 0.318. The number of carbonyl (C=O) groups excluding carboxylic acids is 1. The van der Waals surface area contributed by atoms with Crippen LogP contribution in [-0.4, -0.2) is 41.5 Å². The topological polar surface area (TPSA) is 64.4 Å². The van der Waals surface area contributed by atoms with Gasteiger partial charge < -0.3 is 9.64 Å². The first-order valence-corrected chi connectivity index (χ1v) is 10.4. The van der Waals surface area contributed by atoms with E-state index in [1.807, 2.05) is 55.5 Å². The summed E-state index contributed by atoms with van der Waals surface area (Å²) in [6, 6.07) is 16.8. The number of hydrogen-bond acceptors (Lipinski definition) is 5. The third-order valence-corrected chi connectivity index (χ3v) is 5.74. The Morgan fingerprint density at radius 2 is 1.86 bits per heavy atom. The molecule has 0 N–H and O–H groups in total. The Bertz CT molecular complexity index is 1040. The fourth-order valence-electron chi connectivity index (χ4n) is 3.06. The first kappa shape index (κ1) is 21.1. The molecule has 2 aromatic carbocycles. The molecule has 1 aromatic heterocycles. The lowest BCUT2D eigenvalue weighted by Crippen LogP contribution is -2.34. The van der Waals surface area contributed by atoms with E-state index >= 15 is 0 Å². The van der Waals surface area contributed by atoms with Crippen molar-refractivity contribution in [1.82, 2.24) is 9.55 Å². The number of hydrogen-bond donors (Lipinski definition) is 0. The zero-order chi connectivity index (χ0) is 20.8. The highest BCUT2D eigenvalue weighted by molar-refractivity contribution is 8.00. The van der Waals surface area contributed by atoms with E-state index in [4.69, 9.17) is 4.74 Å². The quantitative estimate of drug-likeness (QED) is 0.322. The van der Waals surface area contributed by atoms with Gasteiger partial charge >= 0.3 is 0 Å². The Morgan fingerprint density at radius 3 is 2.59 bits per heavy atom. The number of carbonyl (C=O) groups is 1. The van der Waals surface area contributed by atoms with Gasteiger partial charge in [0.05, 0.1) is 16.2 Å². The van der Waals surface area contributed by atoms with Crippen molar-refractivity contribution in [1.29, 1.82) is 0 Å². The summed E-state index contributed by atoms with van der Waals surface area (Å²) in [5.41, 5.74) is 1.37. The molecular weight excluding hydrogens is 386 g/mol. The van der Waals surface area contributed by atoms with E-state index in [0.717, 1.165) is 5.69 Å². The second-order valence-corrected chi connectivity index (χ2v) is 8.02. The molecule has 1 amide bonds. The molecule has 1 unspecified atom stereocenters. The number of amides is 1. The maximum Gasteiger partial charge on any atom is 0.262 e. The molecule has 0 bridgehead atoms. The van der Waals surface area contributed by atoms with Crippen LogP contribution in [0.2, 0.25) is 0 Å². The van der Waals surface area contributed by atoms with Gasteiger partial charge in [-0.25, -0.2) is 4.98 Å². The van der Waals surface area contributed by atoms with E-state index in [2.05, 4.69) is 4.98 Å². The lowest BCUT2D eigenvalue weighted by atomic mass is 10.2. The molecule has 0 spiro atoms. The maximum atomic E-state index is 13.0. The number of aromatic nitrogens is 2. The van der Waals surface area contributed by atoms with Gasteiger partial charge in [-0.2, -0.15) is 0 Å². The average Bonchev–Trinajstić information content (AvgIpc) is 2.75. The normalized spacial score (nSPS) is 12.1. The Labute approximate surface area is 174 Å². The van der Waals surface area contributed by atoms with Gasteiger partial charge in [0, 0.05) is 33.0 Å². The molecule has 6 nitrogen and oxygen atoms in total. The summed E-state index contributed by atoms with van der Waals surface area (Å²) in [6.45, 7) is 2.88. The van der Waals surface area contributed by atoms with Crippen LogP contribution in [0.3, 0.4) is 0 Å². The Kier molecular flexibility index (Phi) is 7.06. The van der Waals surface area contributed by atoms with Crippen molar-refractivity contribution in [3.63, 3.8) is 0 Å². The molecule has 3 rings (SSSR count). The molecule has 3 aromatic rings. The van der Waals surface area contributed by atoms with Gasteiger partial charge in [0.15, 0.2) is 5.16 Å². The minimum absolute atomic E-state index is 0.0490. The third-order valence-electron chi connectivity index (χ3n) is 4.66. The van der Waals surface area contributed by atoms with Crippen LogP contribution in [0.25, 0.3) is 10.9 Å². The summed E-state index contributed by atoms with van der Waals surface area (Å²) < 4.78 is 6.78. The highest BCUT2D eigenvalue weighted by atomic mass is 32.2. The second-order valence-electron chi connectivity index (χ2n) is 6.71. The molecule has 7 heteroatoms. The van der Waals surface area contributed by atoms with Crippen molar-refractivity contribution < 1.29 is 9.53 Å². The third kappa shape index (κ3) is 4.86. The molecular formula is C22H25N3O3S. The van der Waals surface area contributed by atoms with Gasteiger partial charge in [-0.15, -0.1) is 0 Å². The Morgan fingerprint density at radius 1 is 1.17 bits per heavy atom. The van der Waals surface area contributed by atoms with Crippen molar-refractivity contribution in [2.45, 2.75) is 30.3 Å². The molecule has 0 saturated heterocycles. The zero-order valence-corrected chi connectivity index (χ0v) is 17.7. The predicted octanol–water partition coefficient (Wildman–Crippen LogP) is 3.58. The zero-order valence-electron chi connectivity index (χ0n) is 16.9. The van der Waals surface area contributed by atoms with Crippen LogP contribution in [0.1, 0.15) is 13.3 Å². The predicted molar refractivity (Wildman–Crippen MR) is 118 cm³/mol. The first-order chi connectivity index (χ1) is 14.0. The average molecular weight is 412 g/mol. The van der Waals surface area contributed by atoms with Crippen LogP contribution in [0.15, 0.2) is 64.5 Å². The number of anilines is 1. The van der Waals surface area contributed by atoms with Crippen LogP contribution in [0.4, 0.5) is 5.69 Å². The second kappa shape index (κ2) is 9.71. The highest BCUT2D eigenvalue weighted by Crippen LogP contribution is 2.25. The number of benzene rings is 2.